The second-order valence-corrected chi connectivity index (χ2v) is 6.90. The summed E-state index contributed by atoms with van der Waals surface area (Å²) < 4.78 is 9.37. The Morgan fingerprint density at radius 1 is 1.22 bits per heavy atom. The molecule has 0 spiro atoms. The molecule has 0 saturated carbocycles. The molecule has 0 aromatic carbocycles. The Labute approximate surface area is 139 Å². The molecule has 3 aromatic rings. The molecule has 0 N–H and O–H groups in total. The summed E-state index contributed by atoms with van der Waals surface area (Å²) in [7, 11) is 2.00. The van der Waals surface area contributed by atoms with E-state index in [-0.39, 0.29) is 0 Å². The zero-order chi connectivity index (χ0) is 15.6. The first-order valence-electron chi connectivity index (χ1n) is 7.98. The monoisotopic (exact) mass is 328 g/mol. The molecular formula is C17H20N4OS. The lowest BCUT2D eigenvalue weighted by atomic mass is 10.1. The Morgan fingerprint density at radius 3 is 2.87 bits per heavy atom. The maximum atomic E-state index is 6.26. The highest BCUT2D eigenvalue weighted by atomic mass is 32.1. The lowest BCUT2D eigenvalue weighted by molar-refractivity contribution is 0.0967. The molecule has 0 aliphatic carbocycles. The number of nitrogens with zero attached hydrogens (tertiary/aromatic N) is 4. The van der Waals surface area contributed by atoms with Crippen LogP contribution in [-0.4, -0.2) is 38.9 Å². The molecule has 5 nitrogen and oxygen atoms in total. The fraction of sp³-hybridized carbons (Fsp3) is 0.412. The fourth-order valence-electron chi connectivity index (χ4n) is 3.09. The number of rotatable bonds is 4. The van der Waals surface area contributed by atoms with Crippen molar-refractivity contribution in [2.75, 3.05) is 13.1 Å². The minimum atomic E-state index is 0.297. The van der Waals surface area contributed by atoms with E-state index in [1.54, 1.807) is 11.3 Å². The van der Waals surface area contributed by atoms with Gasteiger partial charge in [-0.3, -0.25) is 14.6 Å². The highest BCUT2D eigenvalue weighted by Crippen LogP contribution is 2.31. The number of ether oxygens (including phenoxy) is 1. The molecule has 1 saturated heterocycles. The number of hydrogen-bond donors (Lipinski definition) is 0. The molecule has 6 heteroatoms. The number of aromatic nitrogens is 3. The standard InChI is InChI=1S/C17H20N4OS/c1-20-13(2-8-19-20)12-21-9-4-14(5-10-21)22-16-3-7-18-15-6-11-23-17(15)16/h2-3,6-8,11,14H,4-5,9-10,12H2,1H3. The second-order valence-electron chi connectivity index (χ2n) is 5.98. The summed E-state index contributed by atoms with van der Waals surface area (Å²) >= 11 is 1.70. The summed E-state index contributed by atoms with van der Waals surface area (Å²) in [4.78, 5) is 6.85. The zero-order valence-electron chi connectivity index (χ0n) is 13.2. The minimum Gasteiger partial charge on any atom is -0.489 e. The summed E-state index contributed by atoms with van der Waals surface area (Å²) in [5.41, 5.74) is 2.29. The predicted octanol–water partition coefficient (Wildman–Crippen LogP) is 3.07. The molecule has 0 atom stereocenters. The van der Waals surface area contributed by atoms with E-state index < -0.39 is 0 Å². The summed E-state index contributed by atoms with van der Waals surface area (Å²) in [5.74, 6) is 0.982. The van der Waals surface area contributed by atoms with Crippen molar-refractivity contribution in [2.45, 2.75) is 25.5 Å². The van der Waals surface area contributed by atoms with Crippen molar-refractivity contribution < 1.29 is 4.74 Å². The number of piperidine rings is 1. The molecule has 0 bridgehead atoms. The molecule has 1 fully saturated rings. The molecule has 1 aliphatic heterocycles. The van der Waals surface area contributed by atoms with Crippen LogP contribution in [-0.2, 0) is 13.6 Å². The maximum absolute atomic E-state index is 6.26. The lowest BCUT2D eigenvalue weighted by Crippen LogP contribution is -2.38. The largest absolute Gasteiger partial charge is 0.489 e. The second kappa shape index (κ2) is 6.29. The molecule has 3 aromatic heterocycles. The van der Waals surface area contributed by atoms with Crippen molar-refractivity contribution in [3.8, 4) is 5.75 Å². The van der Waals surface area contributed by atoms with Gasteiger partial charge in [-0.2, -0.15) is 5.10 Å². The van der Waals surface area contributed by atoms with Crippen molar-refractivity contribution in [2.24, 2.45) is 7.05 Å². The van der Waals surface area contributed by atoms with Crippen LogP contribution in [0, 0.1) is 0 Å². The smallest absolute Gasteiger partial charge is 0.140 e. The fourth-order valence-corrected chi connectivity index (χ4v) is 3.90. The lowest BCUT2D eigenvalue weighted by Gasteiger charge is -2.32. The Balaban J connectivity index is 1.36. The van der Waals surface area contributed by atoms with Crippen LogP contribution in [0.1, 0.15) is 18.5 Å². The quantitative estimate of drug-likeness (QED) is 0.738. The van der Waals surface area contributed by atoms with Crippen LogP contribution in [0.4, 0.5) is 0 Å². The van der Waals surface area contributed by atoms with Crippen LogP contribution in [0.3, 0.4) is 0 Å². The molecule has 4 rings (SSSR count). The highest BCUT2D eigenvalue weighted by molar-refractivity contribution is 7.17. The predicted molar refractivity (Wildman–Crippen MR) is 91.8 cm³/mol. The Kier molecular flexibility index (Phi) is 4.01. The van der Waals surface area contributed by atoms with Crippen molar-refractivity contribution in [3.63, 3.8) is 0 Å². The van der Waals surface area contributed by atoms with E-state index in [4.69, 9.17) is 4.74 Å². The van der Waals surface area contributed by atoms with E-state index in [1.165, 1.54) is 5.69 Å². The SMILES string of the molecule is Cn1nccc1CN1CCC(Oc2ccnc3ccsc23)CC1. The van der Waals surface area contributed by atoms with Gasteiger partial charge in [0.05, 0.1) is 15.9 Å². The molecule has 1 aliphatic rings. The van der Waals surface area contributed by atoms with Gasteiger partial charge in [-0.1, -0.05) is 0 Å². The van der Waals surface area contributed by atoms with Crippen LogP contribution in [0.2, 0.25) is 0 Å². The Hall–Kier alpha value is -1.92. The first-order chi connectivity index (χ1) is 11.3. The van der Waals surface area contributed by atoms with Crippen LogP contribution in [0.15, 0.2) is 36.0 Å². The van der Waals surface area contributed by atoms with Gasteiger partial charge in [-0.25, -0.2) is 0 Å². The molecule has 120 valence electrons. The summed E-state index contributed by atoms with van der Waals surface area (Å²) in [6, 6.07) is 6.12. The van der Waals surface area contributed by atoms with Gasteiger partial charge in [0, 0.05) is 39.1 Å². The summed E-state index contributed by atoms with van der Waals surface area (Å²) in [6.45, 7) is 3.09. The number of hydrogen-bond acceptors (Lipinski definition) is 5. The first kappa shape index (κ1) is 14.7. The van der Waals surface area contributed by atoms with E-state index in [1.807, 2.05) is 36.3 Å². The normalized spacial score (nSPS) is 16.9. The van der Waals surface area contributed by atoms with Gasteiger partial charge >= 0.3 is 0 Å². The van der Waals surface area contributed by atoms with Crippen LogP contribution >= 0.6 is 11.3 Å². The number of pyridine rings is 1. The van der Waals surface area contributed by atoms with E-state index in [9.17, 15) is 0 Å². The average molecular weight is 328 g/mol. The average Bonchev–Trinajstić information content (AvgIpc) is 3.19. The summed E-state index contributed by atoms with van der Waals surface area (Å²) in [5, 5.41) is 6.31. The van der Waals surface area contributed by atoms with Gasteiger partial charge in [0.15, 0.2) is 0 Å². The van der Waals surface area contributed by atoms with E-state index >= 15 is 0 Å². The summed E-state index contributed by atoms with van der Waals surface area (Å²) in [6.07, 6.45) is 6.12. The van der Waals surface area contributed by atoms with Gasteiger partial charge in [0.1, 0.15) is 11.9 Å². The van der Waals surface area contributed by atoms with Crippen molar-refractivity contribution in [1.29, 1.82) is 0 Å². The van der Waals surface area contributed by atoms with Crippen molar-refractivity contribution >= 4 is 21.6 Å². The maximum Gasteiger partial charge on any atom is 0.140 e. The van der Waals surface area contributed by atoms with Gasteiger partial charge < -0.3 is 4.74 Å². The molecule has 0 unspecified atom stereocenters. The zero-order valence-corrected chi connectivity index (χ0v) is 14.0. The molecule has 23 heavy (non-hydrogen) atoms. The Bertz CT molecular complexity index is 789. The van der Waals surface area contributed by atoms with Gasteiger partial charge in [0.2, 0.25) is 0 Å². The molecule has 4 heterocycles. The van der Waals surface area contributed by atoms with Crippen LogP contribution in [0.25, 0.3) is 10.2 Å². The number of likely N-dealkylation sites (tertiary alicyclic amines) is 1. The van der Waals surface area contributed by atoms with Crippen LogP contribution < -0.4 is 4.74 Å². The third kappa shape index (κ3) is 3.09. The van der Waals surface area contributed by atoms with E-state index in [0.717, 1.165) is 48.4 Å². The topological polar surface area (TPSA) is 43.2 Å². The third-order valence-corrected chi connectivity index (χ3v) is 5.36. The van der Waals surface area contributed by atoms with Crippen molar-refractivity contribution in [1.82, 2.24) is 19.7 Å². The van der Waals surface area contributed by atoms with Gasteiger partial charge in [-0.05, 0) is 36.4 Å². The number of thiophene rings is 1. The molecule has 0 amide bonds. The van der Waals surface area contributed by atoms with Gasteiger partial charge in [-0.15, -0.1) is 11.3 Å². The van der Waals surface area contributed by atoms with Gasteiger partial charge in [0.25, 0.3) is 0 Å². The van der Waals surface area contributed by atoms with E-state index in [2.05, 4.69) is 26.4 Å². The Morgan fingerprint density at radius 2 is 2.09 bits per heavy atom. The molecule has 0 radical (unpaired) electrons. The molecular weight excluding hydrogens is 308 g/mol. The number of aryl methyl sites for hydroxylation is 1. The highest BCUT2D eigenvalue weighted by Gasteiger charge is 2.22. The third-order valence-electron chi connectivity index (χ3n) is 4.44. The number of fused-ring (bicyclic) bond motifs is 1. The van der Waals surface area contributed by atoms with E-state index in [0.29, 0.717) is 6.10 Å². The van der Waals surface area contributed by atoms with Crippen LogP contribution in [0.5, 0.6) is 5.75 Å². The van der Waals surface area contributed by atoms with Crippen molar-refractivity contribution in [3.05, 3.63) is 41.7 Å². The minimum absolute atomic E-state index is 0.297. The first-order valence-corrected chi connectivity index (χ1v) is 8.85.